The van der Waals surface area contributed by atoms with E-state index in [0.717, 1.165) is 6.42 Å². The summed E-state index contributed by atoms with van der Waals surface area (Å²) in [7, 11) is 3.23. The molecule has 2 aliphatic heterocycles. The van der Waals surface area contributed by atoms with Gasteiger partial charge in [-0.25, -0.2) is 13.8 Å². The Hall–Kier alpha value is -3.32. The smallest absolute Gasteiger partial charge is 0.296 e. The summed E-state index contributed by atoms with van der Waals surface area (Å²) in [6.45, 7) is 2.61. The summed E-state index contributed by atoms with van der Waals surface area (Å²) >= 11 is 5.83. The SMILES string of the molecule is COc1cccc2c1nc(C(F)F)n2-c1nc(N2CCOCC2)nc(N(C)[C@@H]2CCCN2C(=O)CCl)n1. The maximum absolute atomic E-state index is 14.2. The van der Waals surface area contributed by atoms with Gasteiger partial charge in [-0.3, -0.25) is 9.36 Å². The Morgan fingerprint density at radius 2 is 1.95 bits per heavy atom. The number of hydrogen-bond acceptors (Lipinski definition) is 9. The lowest BCUT2D eigenvalue weighted by atomic mass is 10.3. The molecule has 0 radical (unpaired) electrons. The van der Waals surface area contributed by atoms with Crippen LogP contribution in [0.1, 0.15) is 25.1 Å². The van der Waals surface area contributed by atoms with E-state index in [9.17, 15) is 13.6 Å². The van der Waals surface area contributed by atoms with Crippen LogP contribution in [0.25, 0.3) is 17.0 Å². The number of benzene rings is 1. The molecule has 2 aliphatic rings. The molecule has 1 amide bonds. The number of methoxy groups -OCH3 is 1. The van der Waals surface area contributed by atoms with Crippen LogP contribution in [0.4, 0.5) is 20.7 Å². The zero-order valence-corrected chi connectivity index (χ0v) is 21.2. The molecule has 11 nitrogen and oxygen atoms in total. The number of hydrogen-bond donors (Lipinski definition) is 0. The minimum absolute atomic E-state index is 0.00221. The first kappa shape index (κ1) is 25.3. The number of para-hydroxylation sites is 1. The van der Waals surface area contributed by atoms with E-state index >= 15 is 0 Å². The summed E-state index contributed by atoms with van der Waals surface area (Å²) < 4.78 is 40.5. The van der Waals surface area contributed by atoms with Crippen molar-refractivity contribution < 1.29 is 23.0 Å². The molecular weight excluding hydrogens is 510 g/mol. The van der Waals surface area contributed by atoms with Crippen LogP contribution in [0.2, 0.25) is 0 Å². The second-order valence-corrected chi connectivity index (χ2v) is 8.99. The number of anilines is 2. The Labute approximate surface area is 217 Å². The summed E-state index contributed by atoms with van der Waals surface area (Å²) in [5.41, 5.74) is 0.653. The predicted octanol–water partition coefficient (Wildman–Crippen LogP) is 2.62. The van der Waals surface area contributed by atoms with Crippen LogP contribution >= 0.6 is 11.6 Å². The third-order valence-electron chi connectivity index (χ3n) is 6.60. The molecule has 0 aliphatic carbocycles. The van der Waals surface area contributed by atoms with Crippen molar-refractivity contribution in [3.05, 3.63) is 24.0 Å². The summed E-state index contributed by atoms with van der Waals surface area (Å²) in [6, 6.07) is 5.01. The third-order valence-corrected chi connectivity index (χ3v) is 6.83. The maximum atomic E-state index is 14.2. The van der Waals surface area contributed by atoms with Gasteiger partial charge in [-0.05, 0) is 25.0 Å². The van der Waals surface area contributed by atoms with Gasteiger partial charge in [-0.15, -0.1) is 11.6 Å². The summed E-state index contributed by atoms with van der Waals surface area (Å²) in [5, 5.41) is 0. The number of alkyl halides is 3. The second-order valence-electron chi connectivity index (χ2n) is 8.72. The van der Waals surface area contributed by atoms with Crippen molar-refractivity contribution in [2.45, 2.75) is 25.4 Å². The Morgan fingerprint density at radius 1 is 1.19 bits per heavy atom. The number of morpholine rings is 1. The normalized spacial score (nSPS) is 18.2. The van der Waals surface area contributed by atoms with Crippen LogP contribution in [0.3, 0.4) is 0 Å². The first-order valence-electron chi connectivity index (χ1n) is 11.9. The first-order valence-corrected chi connectivity index (χ1v) is 12.5. The van der Waals surface area contributed by atoms with Gasteiger partial charge >= 0.3 is 0 Å². The second kappa shape index (κ2) is 10.6. The number of imidazole rings is 1. The largest absolute Gasteiger partial charge is 0.494 e. The van der Waals surface area contributed by atoms with Crippen molar-refractivity contribution in [3.8, 4) is 11.7 Å². The van der Waals surface area contributed by atoms with Gasteiger partial charge in [-0.2, -0.15) is 15.0 Å². The third kappa shape index (κ3) is 4.73. The fourth-order valence-electron chi connectivity index (χ4n) is 4.77. The van der Waals surface area contributed by atoms with Gasteiger partial charge in [0, 0.05) is 26.7 Å². The number of aromatic nitrogens is 5. The molecule has 4 heterocycles. The maximum Gasteiger partial charge on any atom is 0.296 e. The van der Waals surface area contributed by atoms with Crippen molar-refractivity contribution in [1.29, 1.82) is 0 Å². The lowest BCUT2D eigenvalue weighted by molar-refractivity contribution is -0.129. The van der Waals surface area contributed by atoms with E-state index in [2.05, 4.69) is 19.9 Å². The molecule has 0 N–H and O–H groups in total. The fraction of sp³-hybridized carbons (Fsp3) is 0.522. The summed E-state index contributed by atoms with van der Waals surface area (Å²) in [6.07, 6.45) is -1.73. The van der Waals surface area contributed by atoms with Gasteiger partial charge in [0.2, 0.25) is 23.8 Å². The van der Waals surface area contributed by atoms with Gasteiger partial charge < -0.3 is 24.2 Å². The number of halogens is 3. The molecule has 0 spiro atoms. The molecule has 0 bridgehead atoms. The van der Waals surface area contributed by atoms with Crippen molar-refractivity contribution >= 4 is 40.4 Å². The lowest BCUT2D eigenvalue weighted by Crippen LogP contribution is -2.47. The van der Waals surface area contributed by atoms with Gasteiger partial charge in [0.15, 0.2) is 5.82 Å². The van der Waals surface area contributed by atoms with Gasteiger partial charge in [0.05, 0.1) is 25.8 Å². The monoisotopic (exact) mass is 536 g/mol. The number of rotatable bonds is 7. The Balaban J connectivity index is 1.67. The van der Waals surface area contributed by atoms with Crippen LogP contribution in [-0.2, 0) is 9.53 Å². The van der Waals surface area contributed by atoms with Crippen LogP contribution < -0.4 is 14.5 Å². The quantitative estimate of drug-likeness (QED) is 0.422. The highest BCUT2D eigenvalue weighted by Crippen LogP contribution is 2.33. The van der Waals surface area contributed by atoms with Crippen molar-refractivity contribution in [2.24, 2.45) is 0 Å². The molecule has 198 valence electrons. The van der Waals surface area contributed by atoms with Crippen LogP contribution in [-0.4, -0.2) is 94.4 Å². The van der Waals surface area contributed by atoms with E-state index in [1.807, 2.05) is 4.90 Å². The van der Waals surface area contributed by atoms with Crippen LogP contribution in [0.5, 0.6) is 5.75 Å². The zero-order chi connectivity index (χ0) is 26.1. The molecule has 14 heteroatoms. The molecule has 2 aromatic heterocycles. The number of nitrogens with zero attached hydrogens (tertiary/aromatic N) is 8. The van der Waals surface area contributed by atoms with E-state index in [0.29, 0.717) is 56.5 Å². The molecule has 0 saturated carbocycles. The van der Waals surface area contributed by atoms with E-state index in [4.69, 9.17) is 21.1 Å². The highest BCUT2D eigenvalue weighted by Gasteiger charge is 2.34. The average Bonchev–Trinajstić information content (AvgIpc) is 3.58. The molecule has 2 saturated heterocycles. The Morgan fingerprint density at radius 3 is 2.65 bits per heavy atom. The van der Waals surface area contributed by atoms with Crippen molar-refractivity contribution in [1.82, 2.24) is 29.4 Å². The minimum Gasteiger partial charge on any atom is -0.494 e. The fourth-order valence-corrected chi connectivity index (χ4v) is 4.92. The molecule has 1 aromatic carbocycles. The molecule has 37 heavy (non-hydrogen) atoms. The lowest BCUT2D eigenvalue weighted by Gasteiger charge is -2.33. The molecule has 5 rings (SSSR count). The highest BCUT2D eigenvalue weighted by atomic mass is 35.5. The number of ether oxygens (including phenoxy) is 2. The van der Waals surface area contributed by atoms with E-state index in [1.165, 1.54) is 11.7 Å². The first-order chi connectivity index (χ1) is 17.9. The van der Waals surface area contributed by atoms with Gasteiger partial charge in [0.1, 0.15) is 23.3 Å². The molecule has 2 fully saturated rings. The van der Waals surface area contributed by atoms with Crippen molar-refractivity contribution in [2.75, 3.05) is 62.7 Å². The Kier molecular flexibility index (Phi) is 7.24. The summed E-state index contributed by atoms with van der Waals surface area (Å²) in [4.78, 5) is 35.9. The standard InChI is InChI=1S/C23H27ClF2N8O3/c1-31(16-7-4-8-33(16)17(35)13-24)21-28-22(32-9-11-37-12-10-32)30-23(29-21)34-14-5-3-6-15(36-2)18(14)27-20(34)19(25)26/h3,5-6,16,19H,4,7-13H2,1-2H3/t16-/m0/s1. The van der Waals surface area contributed by atoms with Crippen LogP contribution in [0.15, 0.2) is 18.2 Å². The number of carbonyl (C=O) groups is 1. The van der Waals surface area contributed by atoms with Gasteiger partial charge in [0.25, 0.3) is 6.43 Å². The molecule has 3 aromatic rings. The molecule has 0 unspecified atom stereocenters. The van der Waals surface area contributed by atoms with E-state index < -0.39 is 12.2 Å². The topological polar surface area (TPSA) is 102 Å². The van der Waals surface area contributed by atoms with Crippen molar-refractivity contribution in [3.63, 3.8) is 0 Å². The van der Waals surface area contributed by atoms with E-state index in [1.54, 1.807) is 35.0 Å². The van der Waals surface area contributed by atoms with Crippen LogP contribution in [0, 0.1) is 0 Å². The number of likely N-dealkylation sites (tertiary alicyclic amines) is 1. The van der Waals surface area contributed by atoms with E-state index in [-0.39, 0.29) is 35.4 Å². The Bertz CT molecular complexity index is 1290. The number of carbonyl (C=O) groups excluding carboxylic acids is 1. The minimum atomic E-state index is -2.89. The predicted molar refractivity (Wildman–Crippen MR) is 133 cm³/mol. The summed E-state index contributed by atoms with van der Waals surface area (Å²) in [5.74, 6) is 0.103. The highest BCUT2D eigenvalue weighted by molar-refractivity contribution is 6.27. The molecular formula is C23H27ClF2N8O3. The number of amides is 1. The number of fused-ring (bicyclic) bond motifs is 1. The molecule has 1 atom stereocenters. The zero-order valence-electron chi connectivity index (χ0n) is 20.5. The van der Waals surface area contributed by atoms with Gasteiger partial charge in [-0.1, -0.05) is 6.07 Å². The average molecular weight is 537 g/mol.